The molecule has 2 rings (SSSR count). The number of amides is 1. The lowest BCUT2D eigenvalue weighted by atomic mass is 10.2. The number of benzene rings is 1. The molecule has 5 nitrogen and oxygen atoms in total. The first-order chi connectivity index (χ1) is 11.3. The minimum Gasteiger partial charge on any atom is -0.481 e. The zero-order chi connectivity index (χ0) is 17.7. The number of hydrogen-bond acceptors (Lipinski definition) is 4. The molecule has 0 radical (unpaired) electrons. The van der Waals surface area contributed by atoms with Gasteiger partial charge in [-0.3, -0.25) is 4.79 Å². The predicted molar refractivity (Wildman–Crippen MR) is 101 cm³/mol. The van der Waals surface area contributed by atoms with E-state index < -0.39 is 9.84 Å². The first kappa shape index (κ1) is 19.7. The average Bonchev–Trinajstić information content (AvgIpc) is 2.87. The largest absolute Gasteiger partial charge is 0.481 e. The topological polar surface area (TPSA) is 63.7 Å². The minimum absolute atomic E-state index is 0.0567. The maximum absolute atomic E-state index is 12.6. The molecule has 0 N–H and O–H groups in total. The molecule has 1 aliphatic rings. The molecule has 1 aromatic carbocycles. The Bertz CT molecular complexity index is 673. The van der Waals surface area contributed by atoms with Gasteiger partial charge in [0, 0.05) is 12.6 Å². The van der Waals surface area contributed by atoms with Gasteiger partial charge in [0.05, 0.1) is 20.5 Å². The van der Waals surface area contributed by atoms with Gasteiger partial charge >= 0.3 is 0 Å². The number of halogens is 2. The molecular formula is C16H21Br2NO4S. The third kappa shape index (κ3) is 5.20. The first-order valence-corrected chi connectivity index (χ1v) is 11.3. The SMILES string of the molecule is CCCCN(C(=O)COc1c(Br)cccc1Br)C1CCS(=O)(=O)C1. The third-order valence-electron chi connectivity index (χ3n) is 3.98. The highest BCUT2D eigenvalue weighted by atomic mass is 79.9. The maximum Gasteiger partial charge on any atom is 0.260 e. The Kier molecular flexibility index (Phi) is 7.12. The van der Waals surface area contributed by atoms with E-state index in [1.165, 1.54) is 0 Å². The Hall–Kier alpha value is -0.600. The fraction of sp³-hybridized carbons (Fsp3) is 0.562. The van der Waals surface area contributed by atoms with Gasteiger partial charge in [-0.15, -0.1) is 0 Å². The van der Waals surface area contributed by atoms with E-state index >= 15 is 0 Å². The Morgan fingerprint density at radius 2 is 2.00 bits per heavy atom. The third-order valence-corrected chi connectivity index (χ3v) is 6.98. The summed E-state index contributed by atoms with van der Waals surface area (Å²) in [6, 6.07) is 5.30. The molecule has 0 bridgehead atoms. The molecule has 1 aromatic rings. The molecule has 1 saturated heterocycles. The number of ether oxygens (including phenoxy) is 1. The van der Waals surface area contributed by atoms with Crippen molar-refractivity contribution in [3.05, 3.63) is 27.1 Å². The number of unbranched alkanes of at least 4 members (excludes halogenated alkanes) is 1. The van der Waals surface area contributed by atoms with Crippen molar-refractivity contribution in [3.8, 4) is 5.75 Å². The Labute approximate surface area is 159 Å². The van der Waals surface area contributed by atoms with Crippen LogP contribution in [0.3, 0.4) is 0 Å². The number of para-hydroxylation sites is 1. The van der Waals surface area contributed by atoms with E-state index in [0.29, 0.717) is 18.7 Å². The number of hydrogen-bond donors (Lipinski definition) is 0. The van der Waals surface area contributed by atoms with Crippen LogP contribution in [0.15, 0.2) is 27.1 Å². The Balaban J connectivity index is 2.05. The molecule has 1 aliphatic heterocycles. The summed E-state index contributed by atoms with van der Waals surface area (Å²) in [4.78, 5) is 14.3. The van der Waals surface area contributed by atoms with Gasteiger partial charge in [0.25, 0.3) is 5.91 Å². The predicted octanol–water partition coefficient (Wildman–Crippen LogP) is 3.41. The highest BCUT2D eigenvalue weighted by molar-refractivity contribution is 9.11. The van der Waals surface area contributed by atoms with Crippen LogP contribution in [-0.2, 0) is 14.6 Å². The smallest absolute Gasteiger partial charge is 0.260 e. The van der Waals surface area contributed by atoms with E-state index in [9.17, 15) is 13.2 Å². The van der Waals surface area contributed by atoms with Crippen LogP contribution in [0.25, 0.3) is 0 Å². The van der Waals surface area contributed by atoms with Crippen molar-refractivity contribution >= 4 is 47.6 Å². The van der Waals surface area contributed by atoms with Crippen molar-refractivity contribution < 1.29 is 17.9 Å². The van der Waals surface area contributed by atoms with Gasteiger partial charge in [-0.05, 0) is 56.8 Å². The van der Waals surface area contributed by atoms with Crippen LogP contribution in [0, 0.1) is 0 Å². The molecular weight excluding hydrogens is 462 g/mol. The molecule has 1 heterocycles. The second kappa shape index (κ2) is 8.67. The number of nitrogens with zero attached hydrogens (tertiary/aromatic N) is 1. The summed E-state index contributed by atoms with van der Waals surface area (Å²) in [6.45, 7) is 2.50. The molecule has 0 aromatic heterocycles. The summed E-state index contributed by atoms with van der Waals surface area (Å²) in [5.41, 5.74) is 0. The second-order valence-electron chi connectivity index (χ2n) is 5.84. The van der Waals surface area contributed by atoms with E-state index in [2.05, 4.69) is 31.9 Å². The van der Waals surface area contributed by atoms with E-state index in [1.54, 1.807) is 4.90 Å². The van der Waals surface area contributed by atoms with Gasteiger partial charge < -0.3 is 9.64 Å². The number of sulfone groups is 1. The van der Waals surface area contributed by atoms with Gasteiger partial charge in [0.1, 0.15) is 5.75 Å². The molecule has 134 valence electrons. The quantitative estimate of drug-likeness (QED) is 0.597. The molecule has 8 heteroatoms. The maximum atomic E-state index is 12.6. The van der Waals surface area contributed by atoms with Gasteiger partial charge in [0.15, 0.2) is 16.4 Å². The summed E-state index contributed by atoms with van der Waals surface area (Å²) in [5, 5.41) is 0. The van der Waals surface area contributed by atoms with Crippen LogP contribution in [-0.4, -0.2) is 49.9 Å². The summed E-state index contributed by atoms with van der Waals surface area (Å²) >= 11 is 6.80. The van der Waals surface area contributed by atoms with Crippen LogP contribution in [0.2, 0.25) is 0 Å². The lowest BCUT2D eigenvalue weighted by Gasteiger charge is -2.28. The van der Waals surface area contributed by atoms with Crippen LogP contribution in [0.5, 0.6) is 5.75 Å². The van der Waals surface area contributed by atoms with Gasteiger partial charge in [0.2, 0.25) is 0 Å². The summed E-state index contributed by atoms with van der Waals surface area (Å²) < 4.78 is 30.6. The fourth-order valence-corrected chi connectivity index (χ4v) is 5.66. The number of carbonyl (C=O) groups excluding carboxylic acids is 1. The van der Waals surface area contributed by atoms with Gasteiger partial charge in [-0.25, -0.2) is 8.42 Å². The summed E-state index contributed by atoms with van der Waals surface area (Å²) in [5.74, 6) is 0.610. The zero-order valence-corrected chi connectivity index (χ0v) is 17.5. The monoisotopic (exact) mass is 481 g/mol. The first-order valence-electron chi connectivity index (χ1n) is 7.90. The van der Waals surface area contributed by atoms with E-state index in [1.807, 2.05) is 25.1 Å². The molecule has 1 fully saturated rings. The van der Waals surface area contributed by atoms with Crippen molar-refractivity contribution in [1.82, 2.24) is 4.90 Å². The zero-order valence-electron chi connectivity index (χ0n) is 13.5. The molecule has 24 heavy (non-hydrogen) atoms. The van der Waals surface area contributed by atoms with Crippen molar-refractivity contribution in [1.29, 1.82) is 0 Å². The highest BCUT2D eigenvalue weighted by Gasteiger charge is 2.34. The van der Waals surface area contributed by atoms with Crippen molar-refractivity contribution in [2.45, 2.75) is 32.2 Å². The van der Waals surface area contributed by atoms with Gasteiger partial charge in [-0.2, -0.15) is 0 Å². The Morgan fingerprint density at radius 1 is 1.33 bits per heavy atom. The van der Waals surface area contributed by atoms with Crippen LogP contribution in [0.4, 0.5) is 0 Å². The van der Waals surface area contributed by atoms with E-state index in [0.717, 1.165) is 21.8 Å². The molecule has 1 amide bonds. The summed E-state index contributed by atoms with van der Waals surface area (Å²) in [7, 11) is -3.03. The molecule has 0 aliphatic carbocycles. The second-order valence-corrected chi connectivity index (χ2v) is 9.77. The number of rotatable bonds is 7. The standard InChI is InChI=1S/C16H21Br2NO4S/c1-2-3-8-19(12-7-9-24(21,22)11-12)15(20)10-23-16-13(17)5-4-6-14(16)18/h4-6,12H,2-3,7-11H2,1H3. The molecule has 0 saturated carbocycles. The fourth-order valence-electron chi connectivity index (χ4n) is 2.70. The lowest BCUT2D eigenvalue weighted by molar-refractivity contribution is -0.135. The van der Waals surface area contributed by atoms with Crippen molar-refractivity contribution in [2.75, 3.05) is 24.7 Å². The minimum atomic E-state index is -3.03. The lowest BCUT2D eigenvalue weighted by Crippen LogP contribution is -2.44. The van der Waals surface area contributed by atoms with Crippen molar-refractivity contribution in [2.24, 2.45) is 0 Å². The van der Waals surface area contributed by atoms with Crippen LogP contribution >= 0.6 is 31.9 Å². The molecule has 1 unspecified atom stereocenters. The normalized spacial score (nSPS) is 19.2. The van der Waals surface area contributed by atoms with E-state index in [-0.39, 0.29) is 30.1 Å². The number of carbonyl (C=O) groups is 1. The average molecular weight is 483 g/mol. The van der Waals surface area contributed by atoms with Gasteiger partial charge in [-0.1, -0.05) is 19.4 Å². The summed E-state index contributed by atoms with van der Waals surface area (Å²) in [6.07, 6.45) is 2.30. The molecule has 0 spiro atoms. The van der Waals surface area contributed by atoms with Crippen LogP contribution in [0.1, 0.15) is 26.2 Å². The van der Waals surface area contributed by atoms with Crippen molar-refractivity contribution in [3.63, 3.8) is 0 Å². The van der Waals surface area contributed by atoms with Crippen LogP contribution < -0.4 is 4.74 Å². The van der Waals surface area contributed by atoms with E-state index in [4.69, 9.17) is 4.74 Å². The highest BCUT2D eigenvalue weighted by Crippen LogP contribution is 2.33. The Morgan fingerprint density at radius 3 is 2.54 bits per heavy atom. The molecule has 1 atom stereocenters.